The van der Waals surface area contributed by atoms with Crippen molar-refractivity contribution in [1.82, 2.24) is 10.2 Å². The second kappa shape index (κ2) is 4.77. The van der Waals surface area contributed by atoms with Gasteiger partial charge >= 0.3 is 0 Å². The van der Waals surface area contributed by atoms with E-state index in [-0.39, 0.29) is 6.10 Å². The highest BCUT2D eigenvalue weighted by Gasteiger charge is 2.35. The topological polar surface area (TPSA) is 35.5 Å². The zero-order valence-corrected chi connectivity index (χ0v) is 10.0. The smallest absolute Gasteiger partial charge is 0.0682 e. The highest BCUT2D eigenvalue weighted by molar-refractivity contribution is 5.16. The maximum atomic E-state index is 9.67. The molecular formula is C14H20N2O. The third-order valence-corrected chi connectivity index (χ3v) is 3.93. The number of aliphatic hydroxyl groups excluding tert-OH is 1. The average Bonchev–Trinajstić information content (AvgIpc) is 2.70. The molecule has 0 amide bonds. The molecule has 92 valence electrons. The molecule has 2 saturated heterocycles. The minimum Gasteiger partial charge on any atom is -0.392 e. The Morgan fingerprint density at radius 1 is 1.24 bits per heavy atom. The van der Waals surface area contributed by atoms with E-state index < -0.39 is 0 Å². The van der Waals surface area contributed by atoms with Gasteiger partial charge in [0.05, 0.1) is 6.10 Å². The van der Waals surface area contributed by atoms with Gasteiger partial charge in [0.1, 0.15) is 0 Å². The van der Waals surface area contributed by atoms with Crippen LogP contribution in [0.25, 0.3) is 0 Å². The third-order valence-electron chi connectivity index (χ3n) is 3.93. The molecule has 0 bridgehead atoms. The second-order valence-electron chi connectivity index (χ2n) is 5.29. The van der Waals surface area contributed by atoms with Crippen molar-refractivity contribution in [3.05, 3.63) is 35.9 Å². The molecule has 3 unspecified atom stereocenters. The molecule has 3 heteroatoms. The Hall–Kier alpha value is -0.900. The zero-order chi connectivity index (χ0) is 11.7. The van der Waals surface area contributed by atoms with Gasteiger partial charge in [-0.25, -0.2) is 0 Å². The van der Waals surface area contributed by atoms with E-state index in [0.29, 0.717) is 12.1 Å². The maximum Gasteiger partial charge on any atom is 0.0682 e. The number of aliphatic hydroxyl groups is 1. The van der Waals surface area contributed by atoms with Gasteiger partial charge in [-0.15, -0.1) is 0 Å². The first-order chi connectivity index (χ1) is 8.31. The lowest BCUT2D eigenvalue weighted by Crippen LogP contribution is -2.54. The third kappa shape index (κ3) is 2.51. The first-order valence-electron chi connectivity index (χ1n) is 6.50. The Labute approximate surface area is 102 Å². The van der Waals surface area contributed by atoms with Gasteiger partial charge in [-0.3, -0.25) is 4.90 Å². The SMILES string of the molecule is OC1CC2CNC(Cc3ccccc3)CN2C1. The highest BCUT2D eigenvalue weighted by atomic mass is 16.3. The Balaban J connectivity index is 1.60. The summed E-state index contributed by atoms with van der Waals surface area (Å²) < 4.78 is 0. The molecule has 2 aliphatic rings. The van der Waals surface area contributed by atoms with Crippen molar-refractivity contribution in [1.29, 1.82) is 0 Å². The zero-order valence-electron chi connectivity index (χ0n) is 10.0. The number of rotatable bonds is 2. The van der Waals surface area contributed by atoms with Crippen LogP contribution in [0.2, 0.25) is 0 Å². The lowest BCUT2D eigenvalue weighted by molar-refractivity contribution is 0.153. The van der Waals surface area contributed by atoms with E-state index in [2.05, 4.69) is 40.5 Å². The molecule has 3 rings (SSSR count). The summed E-state index contributed by atoms with van der Waals surface area (Å²) in [7, 11) is 0. The van der Waals surface area contributed by atoms with E-state index in [1.54, 1.807) is 0 Å². The van der Waals surface area contributed by atoms with Gasteiger partial charge in [-0.2, -0.15) is 0 Å². The van der Waals surface area contributed by atoms with Crippen molar-refractivity contribution in [2.24, 2.45) is 0 Å². The summed E-state index contributed by atoms with van der Waals surface area (Å²) >= 11 is 0. The largest absolute Gasteiger partial charge is 0.392 e. The van der Waals surface area contributed by atoms with Crippen LogP contribution >= 0.6 is 0 Å². The summed E-state index contributed by atoms with van der Waals surface area (Å²) in [4.78, 5) is 2.44. The van der Waals surface area contributed by atoms with Gasteiger partial charge in [0.15, 0.2) is 0 Å². The predicted molar refractivity (Wildman–Crippen MR) is 67.9 cm³/mol. The molecular weight excluding hydrogens is 212 g/mol. The van der Waals surface area contributed by atoms with E-state index >= 15 is 0 Å². The van der Waals surface area contributed by atoms with E-state index in [9.17, 15) is 5.11 Å². The Kier molecular flexibility index (Phi) is 3.14. The number of benzene rings is 1. The molecule has 1 aromatic rings. The molecule has 2 aliphatic heterocycles. The van der Waals surface area contributed by atoms with Crippen molar-refractivity contribution < 1.29 is 5.11 Å². The van der Waals surface area contributed by atoms with Crippen LogP contribution in [0.15, 0.2) is 30.3 Å². The molecule has 3 nitrogen and oxygen atoms in total. The standard InChI is InChI=1S/C14H20N2O/c17-14-7-13-8-15-12(9-16(13)10-14)6-11-4-2-1-3-5-11/h1-5,12-15,17H,6-10H2. The molecule has 2 fully saturated rings. The summed E-state index contributed by atoms with van der Waals surface area (Å²) in [6.45, 7) is 2.95. The lowest BCUT2D eigenvalue weighted by atomic mass is 10.0. The van der Waals surface area contributed by atoms with Gasteiger partial charge in [-0.05, 0) is 18.4 Å². The second-order valence-corrected chi connectivity index (χ2v) is 5.29. The van der Waals surface area contributed by atoms with Crippen LogP contribution in [0.4, 0.5) is 0 Å². The van der Waals surface area contributed by atoms with E-state index in [4.69, 9.17) is 0 Å². The van der Waals surface area contributed by atoms with E-state index in [1.807, 2.05) is 0 Å². The molecule has 2 heterocycles. The summed E-state index contributed by atoms with van der Waals surface area (Å²) in [5.41, 5.74) is 1.39. The van der Waals surface area contributed by atoms with Crippen LogP contribution in [0.1, 0.15) is 12.0 Å². The first-order valence-corrected chi connectivity index (χ1v) is 6.50. The van der Waals surface area contributed by atoms with Crippen LogP contribution in [-0.2, 0) is 6.42 Å². The molecule has 17 heavy (non-hydrogen) atoms. The highest BCUT2D eigenvalue weighted by Crippen LogP contribution is 2.21. The van der Waals surface area contributed by atoms with Crippen molar-refractivity contribution in [2.75, 3.05) is 19.6 Å². The average molecular weight is 232 g/mol. The molecule has 0 saturated carbocycles. The van der Waals surface area contributed by atoms with Crippen LogP contribution < -0.4 is 5.32 Å². The van der Waals surface area contributed by atoms with Crippen LogP contribution in [0, 0.1) is 0 Å². The molecule has 0 spiro atoms. The number of piperazine rings is 1. The first kappa shape index (κ1) is 11.2. The summed E-state index contributed by atoms with van der Waals surface area (Å²) in [5.74, 6) is 0. The number of hydrogen-bond acceptors (Lipinski definition) is 3. The van der Waals surface area contributed by atoms with Crippen molar-refractivity contribution in [3.63, 3.8) is 0 Å². The monoisotopic (exact) mass is 232 g/mol. The Morgan fingerprint density at radius 3 is 2.88 bits per heavy atom. The predicted octanol–water partition coefficient (Wildman–Crippen LogP) is 0.636. The van der Waals surface area contributed by atoms with Gasteiger partial charge in [0.2, 0.25) is 0 Å². The molecule has 0 aromatic heterocycles. The summed E-state index contributed by atoms with van der Waals surface area (Å²) in [5, 5.41) is 13.3. The van der Waals surface area contributed by atoms with Crippen molar-refractivity contribution in [2.45, 2.75) is 31.0 Å². The minimum absolute atomic E-state index is 0.114. The lowest BCUT2D eigenvalue weighted by Gasteiger charge is -2.35. The fraction of sp³-hybridized carbons (Fsp3) is 0.571. The van der Waals surface area contributed by atoms with Crippen LogP contribution in [0.5, 0.6) is 0 Å². The van der Waals surface area contributed by atoms with Crippen LogP contribution in [0.3, 0.4) is 0 Å². The number of nitrogens with zero attached hydrogens (tertiary/aromatic N) is 1. The quantitative estimate of drug-likeness (QED) is 0.785. The van der Waals surface area contributed by atoms with Gasteiger partial charge in [0, 0.05) is 31.7 Å². The minimum atomic E-state index is -0.114. The summed E-state index contributed by atoms with van der Waals surface area (Å²) in [6.07, 6.45) is 1.91. The molecule has 2 N–H and O–H groups in total. The normalized spacial score (nSPS) is 33.6. The van der Waals surface area contributed by atoms with E-state index in [1.165, 1.54) is 5.56 Å². The Morgan fingerprint density at radius 2 is 2.06 bits per heavy atom. The van der Waals surface area contributed by atoms with Gasteiger partial charge in [0.25, 0.3) is 0 Å². The van der Waals surface area contributed by atoms with Crippen molar-refractivity contribution in [3.8, 4) is 0 Å². The van der Waals surface area contributed by atoms with Crippen molar-refractivity contribution >= 4 is 0 Å². The van der Waals surface area contributed by atoms with Crippen LogP contribution in [-0.4, -0.2) is 47.8 Å². The van der Waals surface area contributed by atoms with Gasteiger partial charge < -0.3 is 10.4 Å². The fourth-order valence-corrected chi connectivity index (χ4v) is 3.08. The summed E-state index contributed by atoms with van der Waals surface area (Å²) in [6, 6.07) is 11.7. The molecule has 0 radical (unpaired) electrons. The molecule has 1 aromatic carbocycles. The number of hydrogen-bond donors (Lipinski definition) is 2. The van der Waals surface area contributed by atoms with Gasteiger partial charge in [-0.1, -0.05) is 30.3 Å². The van der Waals surface area contributed by atoms with E-state index in [0.717, 1.165) is 32.5 Å². The number of nitrogens with one attached hydrogen (secondary N) is 1. The molecule has 0 aliphatic carbocycles. The number of fused-ring (bicyclic) bond motifs is 1. The fourth-order valence-electron chi connectivity index (χ4n) is 3.08. The Bertz CT molecular complexity index is 368. The molecule has 3 atom stereocenters. The maximum absolute atomic E-state index is 9.67.